The Morgan fingerprint density at radius 2 is 1.64 bits per heavy atom. The van der Waals surface area contributed by atoms with Gasteiger partial charge in [-0.15, -0.1) is 0 Å². The van der Waals surface area contributed by atoms with E-state index >= 15 is 0 Å². The van der Waals surface area contributed by atoms with Crippen molar-refractivity contribution in [1.82, 2.24) is 15.1 Å². The number of nitrogens with one attached hydrogen (secondary N) is 3. The maximum atomic E-state index is 14.3. The maximum absolute atomic E-state index is 14.3. The highest BCUT2D eigenvalue weighted by Gasteiger charge is 2.40. The lowest BCUT2D eigenvalue weighted by Gasteiger charge is -2.28. The summed E-state index contributed by atoms with van der Waals surface area (Å²) < 4.78 is 14.3. The number of carbonyl (C=O) groups excluding carboxylic acids is 2. The van der Waals surface area contributed by atoms with Gasteiger partial charge in [-0.05, 0) is 22.6 Å². The Labute approximate surface area is 193 Å². The third kappa shape index (κ3) is 5.83. The second kappa shape index (κ2) is 10.8. The predicted molar refractivity (Wildman–Crippen MR) is 126 cm³/mol. The predicted octanol–water partition coefficient (Wildman–Crippen LogP) is 3.47. The Hall–Kier alpha value is -3.55. The number of benzene rings is 2. The zero-order valence-electron chi connectivity index (χ0n) is 18.9. The van der Waals surface area contributed by atoms with Gasteiger partial charge in [0.2, 0.25) is 11.8 Å². The molecule has 2 aromatic rings. The van der Waals surface area contributed by atoms with Crippen LogP contribution in [-0.4, -0.2) is 59.6 Å². The molecule has 7 nitrogen and oxygen atoms in total. The Balaban J connectivity index is 1.84. The molecule has 1 aliphatic heterocycles. The van der Waals surface area contributed by atoms with Gasteiger partial charge in [-0.3, -0.25) is 20.4 Å². The lowest BCUT2D eigenvalue weighted by molar-refractivity contribution is -0.138. The first-order chi connectivity index (χ1) is 15.8. The minimum atomic E-state index is -1.31. The van der Waals surface area contributed by atoms with Crippen molar-refractivity contribution < 1.29 is 14.0 Å². The second-order valence-electron chi connectivity index (χ2n) is 8.50. The van der Waals surface area contributed by atoms with Crippen molar-refractivity contribution in [3.8, 4) is 0 Å². The first-order valence-corrected chi connectivity index (χ1v) is 11.0. The van der Waals surface area contributed by atoms with Crippen molar-refractivity contribution in [3.05, 3.63) is 71.3 Å². The summed E-state index contributed by atoms with van der Waals surface area (Å²) in [6.45, 7) is 3.76. The molecule has 2 amide bonds. The van der Waals surface area contributed by atoms with Crippen LogP contribution >= 0.6 is 0 Å². The molecule has 1 fully saturated rings. The van der Waals surface area contributed by atoms with Crippen molar-refractivity contribution in [2.45, 2.75) is 44.4 Å². The minimum absolute atomic E-state index is 0.0828. The monoisotopic (exact) mass is 451 g/mol. The number of likely N-dealkylation sites (tertiary alicyclic amines) is 1. The molecule has 2 aromatic carbocycles. The fraction of sp³-hybridized carbons (Fsp3) is 0.360. The van der Waals surface area contributed by atoms with E-state index in [9.17, 15) is 14.0 Å². The molecule has 8 heteroatoms. The van der Waals surface area contributed by atoms with Gasteiger partial charge in [0.05, 0.1) is 25.3 Å². The molecule has 0 aliphatic carbocycles. The van der Waals surface area contributed by atoms with E-state index in [0.717, 1.165) is 28.7 Å². The molecule has 0 bridgehead atoms. The topological polar surface area (TPSA) is 100 Å². The molecule has 0 unspecified atom stereocenters. The van der Waals surface area contributed by atoms with E-state index in [-0.39, 0.29) is 19.5 Å². The molecule has 33 heavy (non-hydrogen) atoms. The average Bonchev–Trinajstić information content (AvgIpc) is 3.23. The Morgan fingerprint density at radius 3 is 2.21 bits per heavy atom. The van der Waals surface area contributed by atoms with Crippen LogP contribution in [0, 0.1) is 10.8 Å². The largest absolute Gasteiger partial charge is 0.343 e. The molecular formula is C25H30FN5O2. The maximum Gasteiger partial charge on any atom is 0.243 e. The molecule has 0 aromatic heterocycles. The smallest absolute Gasteiger partial charge is 0.243 e. The first-order valence-electron chi connectivity index (χ1n) is 11.0. The zero-order chi connectivity index (χ0) is 24.0. The number of carbonyl (C=O) groups is 2. The van der Waals surface area contributed by atoms with Crippen LogP contribution in [0.25, 0.3) is 0 Å². The van der Waals surface area contributed by atoms with E-state index < -0.39 is 30.1 Å². The number of nitrogens with zero attached hydrogens (tertiary/aromatic N) is 2. The van der Waals surface area contributed by atoms with Crippen LogP contribution in [0.5, 0.6) is 0 Å². The number of halogens is 1. The summed E-state index contributed by atoms with van der Waals surface area (Å²) in [5, 5.41) is 17.5. The molecule has 1 aliphatic rings. The van der Waals surface area contributed by atoms with Gasteiger partial charge < -0.3 is 15.1 Å². The summed E-state index contributed by atoms with van der Waals surface area (Å²) in [6, 6.07) is 16.2. The highest BCUT2D eigenvalue weighted by Crippen LogP contribution is 2.27. The quantitative estimate of drug-likeness (QED) is 0.402. The van der Waals surface area contributed by atoms with Crippen molar-refractivity contribution >= 4 is 24.5 Å². The summed E-state index contributed by atoms with van der Waals surface area (Å²) in [6.07, 6.45) is 0.295. The van der Waals surface area contributed by atoms with Crippen LogP contribution in [0.3, 0.4) is 0 Å². The van der Waals surface area contributed by atoms with Crippen molar-refractivity contribution in [2.75, 3.05) is 13.1 Å². The molecule has 3 rings (SSSR count). The fourth-order valence-electron chi connectivity index (χ4n) is 4.00. The minimum Gasteiger partial charge on any atom is -0.343 e. The summed E-state index contributed by atoms with van der Waals surface area (Å²) >= 11 is 0. The third-order valence-corrected chi connectivity index (χ3v) is 5.88. The van der Waals surface area contributed by atoms with Crippen LogP contribution < -0.4 is 5.32 Å². The van der Waals surface area contributed by atoms with Gasteiger partial charge in [0.15, 0.2) is 0 Å². The van der Waals surface area contributed by atoms with Crippen LogP contribution in [0.4, 0.5) is 4.39 Å². The van der Waals surface area contributed by atoms with Gasteiger partial charge in [-0.25, -0.2) is 4.39 Å². The molecule has 1 heterocycles. The van der Waals surface area contributed by atoms with Gasteiger partial charge in [0.25, 0.3) is 0 Å². The lowest BCUT2D eigenvalue weighted by atomic mass is 9.95. The molecule has 1 saturated heterocycles. The normalized spacial score (nSPS) is 18.6. The molecular weight excluding hydrogens is 421 g/mol. The highest BCUT2D eigenvalue weighted by atomic mass is 19.1. The van der Waals surface area contributed by atoms with E-state index in [4.69, 9.17) is 10.8 Å². The summed E-state index contributed by atoms with van der Waals surface area (Å²) in [5.41, 5.74) is 2.96. The molecule has 0 radical (unpaired) electrons. The van der Waals surface area contributed by atoms with Crippen molar-refractivity contribution in [3.63, 3.8) is 0 Å². The van der Waals surface area contributed by atoms with E-state index in [0.29, 0.717) is 5.92 Å². The van der Waals surface area contributed by atoms with Gasteiger partial charge in [0.1, 0.15) is 18.8 Å². The number of alkyl halides is 1. The van der Waals surface area contributed by atoms with E-state index in [1.165, 1.54) is 10.5 Å². The Bertz CT molecular complexity index is 972. The molecule has 0 spiro atoms. The Kier molecular flexibility index (Phi) is 7.92. The summed E-state index contributed by atoms with van der Waals surface area (Å²) in [7, 11) is 0. The average molecular weight is 452 g/mol. The van der Waals surface area contributed by atoms with Crippen LogP contribution in [0.1, 0.15) is 48.9 Å². The van der Waals surface area contributed by atoms with Gasteiger partial charge in [-0.2, -0.15) is 0 Å². The van der Waals surface area contributed by atoms with Gasteiger partial charge in [0, 0.05) is 6.42 Å². The number of hydrogen-bond acceptors (Lipinski definition) is 4. The summed E-state index contributed by atoms with van der Waals surface area (Å²) in [4.78, 5) is 28.3. The molecule has 174 valence electrons. The molecule has 0 saturated carbocycles. The van der Waals surface area contributed by atoms with E-state index in [1.807, 2.05) is 54.6 Å². The van der Waals surface area contributed by atoms with Crippen molar-refractivity contribution in [2.24, 2.45) is 0 Å². The highest BCUT2D eigenvalue weighted by molar-refractivity contribution is 5.91. The van der Waals surface area contributed by atoms with Crippen molar-refractivity contribution in [1.29, 1.82) is 10.8 Å². The van der Waals surface area contributed by atoms with Gasteiger partial charge in [-0.1, -0.05) is 68.4 Å². The Morgan fingerprint density at radius 1 is 1.06 bits per heavy atom. The standard InChI is InChI=1S/C25H30FN5O2/c1-17(2)18-8-10-20(11-9-18)24(19-6-4-3-5-7-19)29-25(33)22-12-21(26)13-31(22)23(32)14-30(15-27)16-28/h3-11,15-17,21-22,24,27-28H,12-14H2,1-2H3,(H,29,33)/t21-,22+,24+/m1/s1. The summed E-state index contributed by atoms with van der Waals surface area (Å²) in [5.74, 6) is -0.550. The van der Waals surface area contributed by atoms with E-state index in [2.05, 4.69) is 19.2 Å². The third-order valence-electron chi connectivity index (χ3n) is 5.88. The fourth-order valence-corrected chi connectivity index (χ4v) is 4.00. The van der Waals surface area contributed by atoms with Crippen LogP contribution in [0.2, 0.25) is 0 Å². The van der Waals surface area contributed by atoms with Crippen LogP contribution in [0.15, 0.2) is 54.6 Å². The lowest BCUT2D eigenvalue weighted by Crippen LogP contribution is -2.49. The zero-order valence-corrected chi connectivity index (χ0v) is 18.9. The second-order valence-corrected chi connectivity index (χ2v) is 8.50. The number of hydrogen-bond donors (Lipinski definition) is 3. The molecule has 3 atom stereocenters. The number of amides is 2. The van der Waals surface area contributed by atoms with Gasteiger partial charge >= 0.3 is 0 Å². The van der Waals surface area contributed by atoms with Crippen LogP contribution in [-0.2, 0) is 9.59 Å². The SMILES string of the molecule is CC(C)c1ccc([C@@H](NC(=O)[C@@H]2C[C@@H](F)CN2C(=O)CN(C=N)C=N)c2ccccc2)cc1. The molecule has 3 N–H and O–H groups in total. The first kappa shape index (κ1) is 24.1. The number of rotatable bonds is 9. The van der Waals surface area contributed by atoms with E-state index in [1.54, 1.807) is 0 Å².